The zero-order valence-electron chi connectivity index (χ0n) is 24.3. The fourth-order valence-corrected chi connectivity index (χ4v) is 7.82. The molecule has 2 aromatic heterocycles. The topological polar surface area (TPSA) is 111 Å². The number of halogens is 1. The Kier molecular flexibility index (Phi) is 7.18. The Morgan fingerprint density at radius 1 is 1.21 bits per heavy atom. The molecule has 0 bridgehead atoms. The molecule has 0 N–H and O–H groups in total. The monoisotopic (exact) mass is 606 g/mol. The van der Waals surface area contributed by atoms with E-state index < -0.39 is 15.5 Å². The molecule has 1 aromatic carbocycles. The van der Waals surface area contributed by atoms with E-state index in [0.29, 0.717) is 17.2 Å². The normalized spacial score (nSPS) is 23.5. The summed E-state index contributed by atoms with van der Waals surface area (Å²) in [6, 6.07) is 12.3. The standard InChI is InChI=1S/C30H35ClN8O2S/c1-20(2)39(26-10-11-33-28(34-26)25-18-38(35-27(25)31)23-14-21(15-23)17-32)30(19-42(4,40)41)16-22-8-5-6-9-24(22)29(36(30)3)37-12-7-13-37/h5-6,8-11,16,18,20-21,23H,7,12-15,19H2,1-4H3/t21?,23?,30-/m0/s1. The number of benzene rings is 1. The van der Waals surface area contributed by atoms with Crippen molar-refractivity contribution in [1.82, 2.24) is 29.5 Å². The molecule has 3 aromatic rings. The molecule has 1 saturated carbocycles. The van der Waals surface area contributed by atoms with E-state index >= 15 is 0 Å². The van der Waals surface area contributed by atoms with E-state index in [1.807, 2.05) is 45.3 Å². The molecule has 1 saturated heterocycles. The van der Waals surface area contributed by atoms with Gasteiger partial charge in [0, 0.05) is 50.0 Å². The van der Waals surface area contributed by atoms with Crippen molar-refractivity contribution in [2.45, 2.75) is 50.9 Å². The Morgan fingerprint density at radius 2 is 1.95 bits per heavy atom. The van der Waals surface area contributed by atoms with Gasteiger partial charge in [0.15, 0.2) is 20.8 Å². The summed E-state index contributed by atoms with van der Waals surface area (Å²) < 4.78 is 28.2. The maximum atomic E-state index is 13.2. The first-order valence-electron chi connectivity index (χ1n) is 14.3. The number of sulfone groups is 1. The molecule has 0 spiro atoms. The minimum atomic E-state index is -3.47. The molecule has 3 aliphatic rings. The zero-order valence-corrected chi connectivity index (χ0v) is 25.8. The molecular formula is C30H35ClN8O2S. The van der Waals surface area contributed by atoms with Crippen LogP contribution in [0.3, 0.4) is 0 Å². The Labute approximate surface area is 251 Å². The van der Waals surface area contributed by atoms with E-state index in [-0.39, 0.29) is 28.9 Å². The van der Waals surface area contributed by atoms with Crippen LogP contribution >= 0.6 is 11.6 Å². The van der Waals surface area contributed by atoms with E-state index in [2.05, 4.69) is 49.1 Å². The molecule has 2 fully saturated rings. The molecule has 12 heteroatoms. The molecule has 1 aliphatic carbocycles. The second-order valence-electron chi connectivity index (χ2n) is 11.9. The fraction of sp³-hybridized carbons (Fsp3) is 0.467. The first-order valence-corrected chi connectivity index (χ1v) is 16.7. The molecule has 0 radical (unpaired) electrons. The first kappa shape index (κ1) is 28.5. The van der Waals surface area contributed by atoms with Gasteiger partial charge in [0.1, 0.15) is 17.3 Å². The quantitative estimate of drug-likeness (QED) is 0.382. The van der Waals surface area contributed by atoms with Gasteiger partial charge in [-0.2, -0.15) is 10.4 Å². The fourth-order valence-electron chi connectivity index (χ4n) is 6.41. The van der Waals surface area contributed by atoms with Crippen molar-refractivity contribution in [3.63, 3.8) is 0 Å². The number of hydrogen-bond acceptors (Lipinski definition) is 9. The zero-order chi connectivity index (χ0) is 29.8. The van der Waals surface area contributed by atoms with Crippen molar-refractivity contribution in [2.75, 3.05) is 37.0 Å². The molecule has 4 heterocycles. The van der Waals surface area contributed by atoms with E-state index in [1.165, 1.54) is 6.26 Å². The van der Waals surface area contributed by atoms with Gasteiger partial charge in [-0.25, -0.2) is 18.4 Å². The van der Waals surface area contributed by atoms with Crippen LogP contribution in [0.2, 0.25) is 5.15 Å². The first-order chi connectivity index (χ1) is 20.0. The summed E-state index contributed by atoms with van der Waals surface area (Å²) in [6.07, 6.45) is 9.46. The smallest absolute Gasteiger partial charge is 0.166 e. The van der Waals surface area contributed by atoms with Crippen LogP contribution in [0.25, 0.3) is 23.3 Å². The lowest BCUT2D eigenvalue weighted by Crippen LogP contribution is -2.69. The van der Waals surface area contributed by atoms with Gasteiger partial charge in [-0.3, -0.25) is 4.68 Å². The third-order valence-electron chi connectivity index (χ3n) is 8.54. The van der Waals surface area contributed by atoms with E-state index in [0.717, 1.165) is 48.6 Å². The van der Waals surface area contributed by atoms with Crippen molar-refractivity contribution >= 4 is 39.2 Å². The van der Waals surface area contributed by atoms with Gasteiger partial charge in [-0.1, -0.05) is 35.9 Å². The van der Waals surface area contributed by atoms with Crippen molar-refractivity contribution in [3.05, 3.63) is 58.3 Å². The van der Waals surface area contributed by atoms with Crippen molar-refractivity contribution in [3.8, 4) is 17.5 Å². The second-order valence-corrected chi connectivity index (χ2v) is 14.4. The Hall–Kier alpha value is -3.62. The second kappa shape index (κ2) is 10.6. The largest absolute Gasteiger partial charge is 0.358 e. The van der Waals surface area contributed by atoms with Gasteiger partial charge in [-0.15, -0.1) is 0 Å². The van der Waals surface area contributed by atoms with Crippen LogP contribution in [0, 0.1) is 17.2 Å². The lowest BCUT2D eigenvalue weighted by molar-refractivity contribution is 0.173. The van der Waals surface area contributed by atoms with E-state index in [4.69, 9.17) is 16.6 Å². The Morgan fingerprint density at radius 3 is 2.60 bits per heavy atom. The summed E-state index contributed by atoms with van der Waals surface area (Å²) in [7, 11) is -1.48. The number of hydrogen-bond donors (Lipinski definition) is 0. The number of rotatable bonds is 8. The summed E-state index contributed by atoms with van der Waals surface area (Å²) in [5.74, 6) is 1.91. The van der Waals surface area contributed by atoms with Crippen molar-refractivity contribution in [2.24, 2.45) is 5.92 Å². The van der Waals surface area contributed by atoms with Crippen LogP contribution < -0.4 is 15.3 Å². The highest BCUT2D eigenvalue weighted by molar-refractivity contribution is 7.90. The van der Waals surface area contributed by atoms with Gasteiger partial charge in [0.05, 0.1) is 29.3 Å². The van der Waals surface area contributed by atoms with Gasteiger partial charge < -0.3 is 14.7 Å². The minimum absolute atomic E-state index is 0.0402. The molecule has 1 atom stereocenters. The lowest BCUT2D eigenvalue weighted by Gasteiger charge is -2.55. The number of nitriles is 1. The number of likely N-dealkylation sites (tertiary alicyclic amines) is 1. The average Bonchev–Trinajstić information content (AvgIpc) is 3.25. The van der Waals surface area contributed by atoms with Crippen LogP contribution in [0.1, 0.15) is 39.2 Å². The predicted molar refractivity (Wildman–Crippen MR) is 163 cm³/mol. The van der Waals surface area contributed by atoms with Crippen LogP contribution in [0.15, 0.2) is 42.7 Å². The molecule has 220 valence electrons. The Balaban J connectivity index is 1.49. The number of aromatic nitrogens is 4. The molecular weight excluding hydrogens is 572 g/mol. The maximum Gasteiger partial charge on any atom is 0.166 e. The predicted octanol–water partition coefficient (Wildman–Crippen LogP) is 2.62. The summed E-state index contributed by atoms with van der Waals surface area (Å²) in [6.45, 7) is 5.93. The third kappa shape index (κ3) is 4.90. The highest BCUT2D eigenvalue weighted by Crippen LogP contribution is 2.40. The summed E-state index contributed by atoms with van der Waals surface area (Å²) in [5, 5.41) is 16.0. The number of nitrogens with zero attached hydrogens (tertiary/aromatic N) is 8. The number of anilines is 1. The highest BCUT2D eigenvalue weighted by Gasteiger charge is 2.47. The van der Waals surface area contributed by atoms with Crippen LogP contribution in [-0.4, -0.2) is 81.8 Å². The van der Waals surface area contributed by atoms with Crippen LogP contribution in [-0.2, 0) is 9.84 Å². The third-order valence-corrected chi connectivity index (χ3v) is 9.76. The summed E-state index contributed by atoms with van der Waals surface area (Å²) in [4.78, 5) is 16.0. The number of fused-ring (bicyclic) bond motifs is 1. The SMILES string of the molecule is CC(C)N(c1ccnc(-c2cn(C3CC(C#N)C3)nc2Cl)n1)[C@]1(CS(C)(=O)=O)C=c2ccccc2=C(N2CCC2)N1C. The molecule has 2 aliphatic heterocycles. The van der Waals surface area contributed by atoms with E-state index in [1.54, 1.807) is 10.9 Å². The molecule has 0 unspecified atom stereocenters. The van der Waals surface area contributed by atoms with E-state index in [9.17, 15) is 13.7 Å². The van der Waals surface area contributed by atoms with Gasteiger partial charge >= 0.3 is 0 Å². The van der Waals surface area contributed by atoms with Gasteiger partial charge in [-0.05, 0) is 50.5 Å². The summed E-state index contributed by atoms with van der Waals surface area (Å²) >= 11 is 6.60. The maximum absolute atomic E-state index is 13.2. The van der Waals surface area contributed by atoms with Crippen molar-refractivity contribution in [1.29, 1.82) is 5.26 Å². The molecule has 0 amide bonds. The molecule has 42 heavy (non-hydrogen) atoms. The lowest BCUT2D eigenvalue weighted by atomic mass is 9.81. The van der Waals surface area contributed by atoms with Crippen molar-refractivity contribution < 1.29 is 8.42 Å². The molecule has 6 rings (SSSR count). The molecule has 10 nitrogen and oxygen atoms in total. The minimum Gasteiger partial charge on any atom is -0.358 e. The average molecular weight is 607 g/mol. The highest BCUT2D eigenvalue weighted by atomic mass is 35.5. The van der Waals surface area contributed by atoms with Gasteiger partial charge in [0.2, 0.25) is 0 Å². The summed E-state index contributed by atoms with van der Waals surface area (Å²) in [5.41, 5.74) is -0.474. The Bertz CT molecular complexity index is 1790. The van der Waals surface area contributed by atoms with Crippen LogP contribution in [0.5, 0.6) is 0 Å². The van der Waals surface area contributed by atoms with Crippen LogP contribution in [0.4, 0.5) is 5.82 Å². The van der Waals surface area contributed by atoms with Gasteiger partial charge in [0.25, 0.3) is 0 Å².